The van der Waals surface area contributed by atoms with Gasteiger partial charge in [-0.1, -0.05) is 36.4 Å². The highest BCUT2D eigenvalue weighted by Gasteiger charge is 2.22. The van der Waals surface area contributed by atoms with Crippen LogP contribution in [0.2, 0.25) is 0 Å². The maximum Gasteiger partial charge on any atom is 0.137 e. The van der Waals surface area contributed by atoms with Crippen LogP contribution in [0.1, 0.15) is 11.1 Å². The molecule has 0 amide bonds. The van der Waals surface area contributed by atoms with Gasteiger partial charge in [-0.2, -0.15) is 0 Å². The maximum atomic E-state index is 6.17. The van der Waals surface area contributed by atoms with Crippen LogP contribution in [0.15, 0.2) is 59.6 Å². The Morgan fingerprint density at radius 3 is 2.76 bits per heavy atom. The fraction of sp³-hybridized carbons (Fsp3) is 0. The number of hydrogen-bond donors (Lipinski definition) is 0. The summed E-state index contributed by atoms with van der Waals surface area (Å²) in [7, 11) is 0. The number of ether oxygens (including phenoxy) is 1. The van der Waals surface area contributed by atoms with E-state index in [2.05, 4.69) is 41.4 Å². The van der Waals surface area contributed by atoms with E-state index in [1.54, 1.807) is 0 Å². The normalized spacial score (nSPS) is 14.2. The standard InChI is InChI=1S/C19H11NO/c1-2-5-14-12(4-1)8-9-17-15(14)10-13-11-20-16-6-3-7-18(21-17)19(13)16/h1-11H. The van der Waals surface area contributed by atoms with Crippen LogP contribution in [0.3, 0.4) is 0 Å². The molecule has 0 fully saturated rings. The molecule has 0 saturated heterocycles. The number of aliphatic imine (C=N–C) groups is 1. The largest absolute Gasteiger partial charge is 0.456 e. The van der Waals surface area contributed by atoms with Crippen molar-refractivity contribution in [3.05, 3.63) is 65.7 Å². The van der Waals surface area contributed by atoms with E-state index < -0.39 is 0 Å². The van der Waals surface area contributed by atoms with E-state index in [4.69, 9.17) is 4.74 Å². The number of allylic oxidation sites excluding steroid dienone is 1. The van der Waals surface area contributed by atoms with Crippen molar-refractivity contribution in [3.63, 3.8) is 0 Å². The van der Waals surface area contributed by atoms with Crippen molar-refractivity contribution in [2.75, 3.05) is 0 Å². The molecule has 0 bridgehead atoms. The summed E-state index contributed by atoms with van der Waals surface area (Å²) in [5, 5.41) is 2.43. The third-order valence-corrected chi connectivity index (χ3v) is 4.09. The SMILES string of the molecule is C1=Nc2cccc3c2C1=Cc1c(ccc2ccccc12)O3. The van der Waals surface area contributed by atoms with Gasteiger partial charge in [0.15, 0.2) is 0 Å². The Morgan fingerprint density at radius 2 is 1.76 bits per heavy atom. The van der Waals surface area contributed by atoms with Crippen LogP contribution in [0.4, 0.5) is 5.69 Å². The molecule has 21 heavy (non-hydrogen) atoms. The van der Waals surface area contributed by atoms with Gasteiger partial charge in [0.05, 0.1) is 11.3 Å². The van der Waals surface area contributed by atoms with Gasteiger partial charge in [-0.05, 0) is 35.0 Å². The van der Waals surface area contributed by atoms with Gasteiger partial charge in [0.1, 0.15) is 11.5 Å². The van der Waals surface area contributed by atoms with Crippen LogP contribution in [-0.4, -0.2) is 6.21 Å². The van der Waals surface area contributed by atoms with Crippen molar-refractivity contribution in [2.45, 2.75) is 0 Å². The number of nitrogens with zero attached hydrogens (tertiary/aromatic N) is 1. The molecule has 0 saturated carbocycles. The smallest absolute Gasteiger partial charge is 0.137 e. The van der Waals surface area contributed by atoms with Crippen molar-refractivity contribution in [1.29, 1.82) is 0 Å². The Hall–Kier alpha value is -2.87. The Balaban J connectivity index is 1.90. The van der Waals surface area contributed by atoms with Crippen molar-refractivity contribution in [1.82, 2.24) is 0 Å². The highest BCUT2D eigenvalue weighted by atomic mass is 16.5. The lowest BCUT2D eigenvalue weighted by Gasteiger charge is -2.11. The molecular weight excluding hydrogens is 258 g/mol. The van der Waals surface area contributed by atoms with E-state index in [1.165, 1.54) is 10.8 Å². The van der Waals surface area contributed by atoms with E-state index in [0.29, 0.717) is 0 Å². The number of hydrogen-bond acceptors (Lipinski definition) is 2. The van der Waals surface area contributed by atoms with Gasteiger partial charge < -0.3 is 4.74 Å². The molecule has 2 aliphatic heterocycles. The predicted molar refractivity (Wildman–Crippen MR) is 86.5 cm³/mol. The summed E-state index contributed by atoms with van der Waals surface area (Å²) in [6.07, 6.45) is 4.11. The average molecular weight is 269 g/mol. The molecule has 0 aromatic heterocycles. The highest BCUT2D eigenvalue weighted by molar-refractivity contribution is 6.24. The Morgan fingerprint density at radius 1 is 0.810 bits per heavy atom. The van der Waals surface area contributed by atoms with Gasteiger partial charge in [-0.15, -0.1) is 0 Å². The van der Waals surface area contributed by atoms with Crippen LogP contribution < -0.4 is 4.74 Å². The fourth-order valence-corrected chi connectivity index (χ4v) is 3.10. The quantitative estimate of drug-likeness (QED) is 0.549. The van der Waals surface area contributed by atoms with Crippen molar-refractivity contribution >= 4 is 34.3 Å². The summed E-state index contributed by atoms with van der Waals surface area (Å²) in [6.45, 7) is 0. The minimum atomic E-state index is 0.880. The molecule has 5 rings (SSSR count). The third kappa shape index (κ3) is 1.44. The van der Waals surface area contributed by atoms with Gasteiger partial charge >= 0.3 is 0 Å². The van der Waals surface area contributed by atoms with Crippen LogP contribution in [0.25, 0.3) is 22.4 Å². The van der Waals surface area contributed by atoms with Gasteiger partial charge in [0, 0.05) is 17.4 Å². The molecule has 0 spiro atoms. The van der Waals surface area contributed by atoms with E-state index in [-0.39, 0.29) is 0 Å². The first-order valence-electron chi connectivity index (χ1n) is 6.99. The highest BCUT2D eigenvalue weighted by Crippen LogP contribution is 2.46. The molecular formula is C19H11NO. The summed E-state index contributed by atoms with van der Waals surface area (Å²) in [4.78, 5) is 4.47. The van der Waals surface area contributed by atoms with E-state index in [9.17, 15) is 0 Å². The molecule has 0 atom stereocenters. The second-order valence-corrected chi connectivity index (χ2v) is 5.31. The zero-order chi connectivity index (χ0) is 13.8. The Kier molecular flexibility index (Phi) is 1.98. The van der Waals surface area contributed by atoms with Crippen LogP contribution >= 0.6 is 0 Å². The molecule has 3 aromatic rings. The molecule has 2 heteroatoms. The van der Waals surface area contributed by atoms with E-state index in [0.717, 1.165) is 33.9 Å². The molecule has 0 aliphatic carbocycles. The van der Waals surface area contributed by atoms with E-state index >= 15 is 0 Å². The zero-order valence-corrected chi connectivity index (χ0v) is 11.2. The summed E-state index contributed by atoms with van der Waals surface area (Å²) in [6, 6.07) is 18.6. The van der Waals surface area contributed by atoms with Crippen molar-refractivity contribution < 1.29 is 4.74 Å². The number of fused-ring (bicyclic) bond motifs is 3. The summed E-state index contributed by atoms with van der Waals surface area (Å²) < 4.78 is 6.17. The first-order valence-corrected chi connectivity index (χ1v) is 6.99. The van der Waals surface area contributed by atoms with E-state index in [1.807, 2.05) is 30.5 Å². The third-order valence-electron chi connectivity index (χ3n) is 4.09. The van der Waals surface area contributed by atoms with Gasteiger partial charge in [0.25, 0.3) is 0 Å². The fourth-order valence-electron chi connectivity index (χ4n) is 3.10. The molecule has 98 valence electrons. The maximum absolute atomic E-state index is 6.17. The first-order chi connectivity index (χ1) is 10.4. The van der Waals surface area contributed by atoms with Gasteiger partial charge in [-0.3, -0.25) is 4.99 Å². The molecule has 0 N–H and O–H groups in total. The monoisotopic (exact) mass is 269 g/mol. The number of rotatable bonds is 0. The van der Waals surface area contributed by atoms with Gasteiger partial charge in [-0.25, -0.2) is 0 Å². The predicted octanol–water partition coefficient (Wildman–Crippen LogP) is 5.20. The van der Waals surface area contributed by atoms with Crippen LogP contribution in [-0.2, 0) is 0 Å². The Labute approximate surface area is 122 Å². The molecule has 0 radical (unpaired) electrons. The molecule has 0 unspecified atom stereocenters. The molecule has 2 aliphatic rings. The van der Waals surface area contributed by atoms with Crippen molar-refractivity contribution in [3.8, 4) is 11.5 Å². The lowest BCUT2D eigenvalue weighted by atomic mass is 10.00. The average Bonchev–Trinajstić information content (AvgIpc) is 2.85. The number of benzene rings is 3. The molecule has 2 heterocycles. The topological polar surface area (TPSA) is 21.6 Å². The summed E-state index contributed by atoms with van der Waals surface area (Å²) >= 11 is 0. The zero-order valence-electron chi connectivity index (χ0n) is 11.2. The molecule has 3 aromatic carbocycles. The molecule has 2 nitrogen and oxygen atoms in total. The minimum Gasteiger partial charge on any atom is -0.456 e. The second-order valence-electron chi connectivity index (χ2n) is 5.31. The second kappa shape index (κ2) is 3.83. The lowest BCUT2D eigenvalue weighted by Crippen LogP contribution is -1.88. The summed E-state index contributed by atoms with van der Waals surface area (Å²) in [5.41, 5.74) is 4.32. The van der Waals surface area contributed by atoms with Crippen LogP contribution in [0, 0.1) is 0 Å². The Bertz CT molecular complexity index is 966. The minimum absolute atomic E-state index is 0.880. The summed E-state index contributed by atoms with van der Waals surface area (Å²) in [5.74, 6) is 1.78. The van der Waals surface area contributed by atoms with Crippen LogP contribution in [0.5, 0.6) is 11.5 Å². The lowest BCUT2D eigenvalue weighted by molar-refractivity contribution is 0.482. The van der Waals surface area contributed by atoms with Gasteiger partial charge in [0.2, 0.25) is 0 Å². The first kappa shape index (κ1) is 10.9. The van der Waals surface area contributed by atoms with Crippen molar-refractivity contribution in [2.24, 2.45) is 4.99 Å².